The Morgan fingerprint density at radius 3 is 2.36 bits per heavy atom. The topological polar surface area (TPSA) is 80.1 Å². The second kappa shape index (κ2) is 12.5. The average molecular weight is 509 g/mol. The van der Waals surface area contributed by atoms with Gasteiger partial charge >= 0.3 is 0 Å². The predicted molar refractivity (Wildman–Crippen MR) is 145 cm³/mol. The number of anilines is 2. The number of benzene rings is 3. The van der Waals surface area contributed by atoms with Crippen LogP contribution in [0.1, 0.15) is 18.1 Å². The van der Waals surface area contributed by atoms with Gasteiger partial charge in [0.15, 0.2) is 18.1 Å². The minimum atomic E-state index is -0.572. The second-order valence-electron chi connectivity index (χ2n) is 8.74. The van der Waals surface area contributed by atoms with E-state index < -0.39 is 5.91 Å². The lowest BCUT2D eigenvalue weighted by Gasteiger charge is -2.36. The van der Waals surface area contributed by atoms with Gasteiger partial charge in [0.05, 0.1) is 11.6 Å². The molecule has 7 nitrogen and oxygen atoms in total. The van der Waals surface area contributed by atoms with E-state index in [9.17, 15) is 4.79 Å². The lowest BCUT2D eigenvalue weighted by Crippen LogP contribution is -2.45. The highest BCUT2D eigenvalue weighted by molar-refractivity contribution is 6.32. The van der Waals surface area contributed by atoms with Gasteiger partial charge in [0.1, 0.15) is 0 Å². The number of rotatable bonds is 11. The Kier molecular flexibility index (Phi) is 8.92. The minimum Gasteiger partial charge on any atom is -0.490 e. The molecule has 0 bridgehead atoms. The average Bonchev–Trinajstić information content (AvgIpc) is 2.88. The van der Waals surface area contributed by atoms with Crippen LogP contribution in [0.15, 0.2) is 66.7 Å². The number of ether oxygens (including phenoxy) is 2. The monoisotopic (exact) mass is 508 g/mol. The highest BCUT2D eigenvalue weighted by Crippen LogP contribution is 2.37. The normalized spacial score (nSPS) is 13.9. The Hall–Kier alpha value is -3.42. The molecule has 190 valence electrons. The Bertz CT molecular complexity index is 1130. The van der Waals surface area contributed by atoms with Crippen LogP contribution in [0.2, 0.25) is 5.02 Å². The fourth-order valence-electron chi connectivity index (χ4n) is 4.27. The molecule has 3 N–H and O–H groups in total. The molecule has 0 radical (unpaired) electrons. The number of nitrogens with one attached hydrogen (secondary N) is 1. The zero-order valence-electron chi connectivity index (χ0n) is 20.6. The van der Waals surface area contributed by atoms with E-state index in [2.05, 4.69) is 69.7 Å². The molecule has 8 heteroatoms. The van der Waals surface area contributed by atoms with Gasteiger partial charge in [-0.1, -0.05) is 41.9 Å². The van der Waals surface area contributed by atoms with Gasteiger partial charge < -0.3 is 25.4 Å². The van der Waals surface area contributed by atoms with Crippen molar-refractivity contribution >= 4 is 28.9 Å². The first kappa shape index (κ1) is 25.7. The lowest BCUT2D eigenvalue weighted by molar-refractivity contribution is -0.119. The predicted octanol–water partition coefficient (Wildman–Crippen LogP) is 4.54. The van der Waals surface area contributed by atoms with Crippen molar-refractivity contribution in [2.45, 2.75) is 20.0 Å². The van der Waals surface area contributed by atoms with Crippen molar-refractivity contribution in [1.29, 1.82) is 0 Å². The van der Waals surface area contributed by atoms with Gasteiger partial charge in [0.25, 0.3) is 5.91 Å². The van der Waals surface area contributed by atoms with Gasteiger partial charge in [-0.15, -0.1) is 0 Å². The van der Waals surface area contributed by atoms with Crippen LogP contribution in [0.25, 0.3) is 0 Å². The number of nitrogens with two attached hydrogens (primary N) is 1. The molecule has 3 aromatic carbocycles. The van der Waals surface area contributed by atoms with Crippen LogP contribution in [0.4, 0.5) is 11.4 Å². The zero-order chi connectivity index (χ0) is 25.3. The molecular formula is C28H33ClN4O3. The summed E-state index contributed by atoms with van der Waals surface area (Å²) in [5.74, 6) is 0.246. The fraction of sp³-hybridized carbons (Fsp3) is 0.321. The highest BCUT2D eigenvalue weighted by atomic mass is 35.5. The Labute approximate surface area is 217 Å². The van der Waals surface area contributed by atoms with Crippen LogP contribution in [0.3, 0.4) is 0 Å². The van der Waals surface area contributed by atoms with Crippen molar-refractivity contribution < 1.29 is 14.3 Å². The second-order valence-corrected chi connectivity index (χ2v) is 9.15. The van der Waals surface area contributed by atoms with Crippen LogP contribution in [0, 0.1) is 0 Å². The van der Waals surface area contributed by atoms with Crippen molar-refractivity contribution in [3.05, 3.63) is 82.9 Å². The number of piperazine rings is 1. The molecule has 0 spiro atoms. The maximum atomic E-state index is 11.1. The first-order valence-corrected chi connectivity index (χ1v) is 12.6. The zero-order valence-corrected chi connectivity index (χ0v) is 21.3. The molecular weight excluding hydrogens is 476 g/mol. The van der Waals surface area contributed by atoms with Crippen molar-refractivity contribution in [2.24, 2.45) is 5.73 Å². The number of carbonyl (C=O) groups is 1. The van der Waals surface area contributed by atoms with E-state index in [0.29, 0.717) is 29.7 Å². The molecule has 1 saturated heterocycles. The highest BCUT2D eigenvalue weighted by Gasteiger charge is 2.17. The van der Waals surface area contributed by atoms with Crippen molar-refractivity contribution in [1.82, 2.24) is 4.90 Å². The van der Waals surface area contributed by atoms with Gasteiger partial charge in [-0.05, 0) is 54.4 Å². The van der Waals surface area contributed by atoms with Gasteiger partial charge in [-0.2, -0.15) is 0 Å². The summed E-state index contributed by atoms with van der Waals surface area (Å²) in [5.41, 5.74) is 9.74. The molecule has 1 amide bonds. The summed E-state index contributed by atoms with van der Waals surface area (Å²) < 4.78 is 11.1. The molecule has 0 unspecified atom stereocenters. The molecule has 0 aliphatic carbocycles. The van der Waals surface area contributed by atoms with Gasteiger partial charge in [0.2, 0.25) is 0 Å². The maximum absolute atomic E-state index is 11.1. The first-order valence-electron chi connectivity index (χ1n) is 12.2. The van der Waals surface area contributed by atoms with Crippen molar-refractivity contribution in [3.63, 3.8) is 0 Å². The van der Waals surface area contributed by atoms with Crippen LogP contribution in [0.5, 0.6) is 11.5 Å². The number of halogens is 1. The number of amides is 1. The van der Waals surface area contributed by atoms with Crippen LogP contribution in [-0.2, 0) is 17.9 Å². The minimum absolute atomic E-state index is 0.258. The summed E-state index contributed by atoms with van der Waals surface area (Å²) >= 11 is 6.40. The van der Waals surface area contributed by atoms with Crippen LogP contribution < -0.4 is 25.4 Å². The largest absolute Gasteiger partial charge is 0.490 e. The third-order valence-corrected chi connectivity index (χ3v) is 6.36. The number of primary amides is 1. The van der Waals surface area contributed by atoms with E-state index >= 15 is 0 Å². The SMILES string of the molecule is CCOc1cc(CNc2ccc(N3CCN(Cc4ccccc4)CC3)cc2)cc(Cl)c1OCC(N)=O. The quantitative estimate of drug-likeness (QED) is 0.396. The first-order chi connectivity index (χ1) is 17.5. The molecule has 3 aromatic rings. The molecule has 1 aliphatic heterocycles. The molecule has 0 aromatic heterocycles. The number of nitrogens with zero attached hydrogens (tertiary/aromatic N) is 2. The van der Waals surface area contributed by atoms with Crippen molar-refractivity contribution in [2.75, 3.05) is 49.6 Å². The summed E-state index contributed by atoms with van der Waals surface area (Å²) in [5, 5.41) is 3.81. The lowest BCUT2D eigenvalue weighted by atomic mass is 10.1. The summed E-state index contributed by atoms with van der Waals surface area (Å²) in [7, 11) is 0. The van der Waals surface area contributed by atoms with Gasteiger partial charge in [-0.25, -0.2) is 0 Å². The van der Waals surface area contributed by atoms with Gasteiger partial charge in [-0.3, -0.25) is 9.69 Å². The molecule has 0 atom stereocenters. The Balaban J connectivity index is 1.31. The third kappa shape index (κ3) is 7.06. The van der Waals surface area contributed by atoms with E-state index in [1.54, 1.807) is 6.07 Å². The summed E-state index contributed by atoms with van der Waals surface area (Å²) in [4.78, 5) is 16.0. The van der Waals surface area contributed by atoms with E-state index in [4.69, 9.17) is 26.8 Å². The number of hydrogen-bond donors (Lipinski definition) is 2. The molecule has 36 heavy (non-hydrogen) atoms. The number of hydrogen-bond acceptors (Lipinski definition) is 6. The van der Waals surface area contributed by atoms with Gasteiger partial charge in [0, 0.05) is 50.6 Å². The summed E-state index contributed by atoms with van der Waals surface area (Å²) in [6, 6.07) is 22.8. The maximum Gasteiger partial charge on any atom is 0.255 e. The van der Waals surface area contributed by atoms with Crippen LogP contribution >= 0.6 is 11.6 Å². The Morgan fingerprint density at radius 1 is 0.972 bits per heavy atom. The molecule has 1 fully saturated rings. The molecule has 1 aliphatic rings. The summed E-state index contributed by atoms with van der Waals surface area (Å²) in [6.45, 7) is 7.77. The third-order valence-electron chi connectivity index (χ3n) is 6.08. The number of carbonyl (C=O) groups excluding carboxylic acids is 1. The summed E-state index contributed by atoms with van der Waals surface area (Å²) in [6.07, 6.45) is 0. The molecule has 1 heterocycles. The van der Waals surface area contributed by atoms with E-state index in [1.165, 1.54) is 11.3 Å². The standard InChI is InChI=1S/C28H33ClN4O3/c1-2-35-26-17-22(16-25(29)28(26)36-20-27(30)34)18-31-23-8-10-24(11-9-23)33-14-12-32(13-15-33)19-21-6-4-3-5-7-21/h3-11,16-17,31H,2,12-15,18-20H2,1H3,(H2,30,34). The molecule has 4 rings (SSSR count). The Morgan fingerprint density at radius 2 is 1.69 bits per heavy atom. The van der Waals surface area contributed by atoms with Crippen LogP contribution in [-0.4, -0.2) is 50.2 Å². The van der Waals surface area contributed by atoms with E-state index in [1.807, 2.05) is 13.0 Å². The smallest absolute Gasteiger partial charge is 0.255 e. The molecule has 0 saturated carbocycles. The van der Waals surface area contributed by atoms with Crippen molar-refractivity contribution in [3.8, 4) is 11.5 Å². The fourth-order valence-corrected chi connectivity index (χ4v) is 4.56. The van der Waals surface area contributed by atoms with E-state index in [-0.39, 0.29) is 6.61 Å². The van der Waals surface area contributed by atoms with E-state index in [0.717, 1.165) is 44.0 Å².